The molecule has 0 spiro atoms. The van der Waals surface area contributed by atoms with Crippen molar-refractivity contribution >= 4 is 0 Å². The minimum Gasteiger partial charge on any atom is -0.396 e. The smallest absolute Gasteiger partial charge is 0.186 e. The van der Waals surface area contributed by atoms with Crippen LogP contribution in [0.2, 0.25) is 0 Å². The van der Waals surface area contributed by atoms with Crippen molar-refractivity contribution in [1.82, 2.24) is 0 Å². The van der Waals surface area contributed by atoms with Crippen molar-refractivity contribution in [1.29, 1.82) is 0 Å². The minimum absolute atomic E-state index is 0.0996. The molecule has 1 saturated carbocycles. The topological polar surface area (TPSA) is 169 Å². The number of hydrogen-bond acceptors (Lipinski definition) is 10. The molecule has 0 radical (unpaired) electrons. The zero-order valence-corrected chi connectivity index (χ0v) is 20.3. The molecule has 0 aromatic carbocycles. The van der Waals surface area contributed by atoms with Crippen molar-refractivity contribution in [2.45, 2.75) is 126 Å². The van der Waals surface area contributed by atoms with Gasteiger partial charge in [0.05, 0.1) is 18.8 Å². The maximum atomic E-state index is 10.3. The molecule has 1 heterocycles. The molecule has 10 heteroatoms. The number of ether oxygens (including phenoxy) is 3. The monoisotopic (exact) mass is 494 g/mol. The molecule has 10 atom stereocenters. The molecule has 34 heavy (non-hydrogen) atoms. The number of hydrogen-bond donors (Lipinski definition) is 7. The SMILES string of the molecule is CCCCCCCCCCCOC1OC(COC2CC(CO)C(O)C(O)C2O)C(O)C(O)C1O. The largest absolute Gasteiger partial charge is 0.396 e. The second-order valence-corrected chi connectivity index (χ2v) is 9.74. The van der Waals surface area contributed by atoms with E-state index in [1.165, 1.54) is 38.5 Å². The number of rotatable bonds is 15. The van der Waals surface area contributed by atoms with Crippen molar-refractivity contribution in [2.75, 3.05) is 19.8 Å². The first-order valence-corrected chi connectivity index (χ1v) is 12.9. The molecule has 7 N–H and O–H groups in total. The van der Waals surface area contributed by atoms with E-state index in [1.54, 1.807) is 0 Å². The Kier molecular flexibility index (Phi) is 13.7. The summed E-state index contributed by atoms with van der Waals surface area (Å²) >= 11 is 0. The lowest BCUT2D eigenvalue weighted by Gasteiger charge is -2.42. The van der Waals surface area contributed by atoms with Crippen molar-refractivity contribution in [3.63, 3.8) is 0 Å². The zero-order valence-electron chi connectivity index (χ0n) is 20.3. The average Bonchev–Trinajstić information content (AvgIpc) is 2.83. The Balaban J connectivity index is 1.73. The van der Waals surface area contributed by atoms with Gasteiger partial charge in [0, 0.05) is 19.1 Å². The first-order chi connectivity index (χ1) is 16.3. The van der Waals surface area contributed by atoms with E-state index in [-0.39, 0.29) is 19.6 Å². The summed E-state index contributed by atoms with van der Waals surface area (Å²) in [4.78, 5) is 0. The lowest BCUT2D eigenvalue weighted by atomic mass is 9.81. The molecule has 2 rings (SSSR count). The van der Waals surface area contributed by atoms with Crippen LogP contribution in [-0.4, -0.2) is 111 Å². The summed E-state index contributed by atoms with van der Waals surface area (Å²) in [6.45, 7) is 1.92. The highest BCUT2D eigenvalue weighted by molar-refractivity contribution is 4.94. The van der Waals surface area contributed by atoms with E-state index in [2.05, 4.69) is 6.92 Å². The maximum absolute atomic E-state index is 10.3. The van der Waals surface area contributed by atoms with Crippen LogP contribution < -0.4 is 0 Å². The fourth-order valence-corrected chi connectivity index (χ4v) is 4.65. The van der Waals surface area contributed by atoms with E-state index in [1.807, 2.05) is 0 Å². The van der Waals surface area contributed by atoms with E-state index >= 15 is 0 Å². The molecule has 0 aromatic rings. The van der Waals surface area contributed by atoms with Crippen LogP contribution in [0, 0.1) is 5.92 Å². The molecule has 10 nitrogen and oxygen atoms in total. The third kappa shape index (κ3) is 8.62. The van der Waals surface area contributed by atoms with Crippen LogP contribution in [-0.2, 0) is 14.2 Å². The Morgan fingerprint density at radius 2 is 1.26 bits per heavy atom. The summed E-state index contributed by atoms with van der Waals surface area (Å²) < 4.78 is 16.9. The lowest BCUT2D eigenvalue weighted by Crippen LogP contribution is -2.60. The summed E-state index contributed by atoms with van der Waals surface area (Å²) in [6, 6.07) is 0. The summed E-state index contributed by atoms with van der Waals surface area (Å²) in [5.41, 5.74) is 0. The van der Waals surface area contributed by atoms with Gasteiger partial charge >= 0.3 is 0 Å². The van der Waals surface area contributed by atoms with Crippen LogP contribution >= 0.6 is 0 Å². The van der Waals surface area contributed by atoms with Crippen molar-refractivity contribution < 1.29 is 50.0 Å². The predicted octanol–water partition coefficient (Wildman–Crippen LogP) is -0.178. The van der Waals surface area contributed by atoms with Crippen LogP contribution in [0.5, 0.6) is 0 Å². The van der Waals surface area contributed by atoms with Gasteiger partial charge in [0.25, 0.3) is 0 Å². The zero-order chi connectivity index (χ0) is 25.1. The Hall–Kier alpha value is -0.400. The normalized spacial score (nSPS) is 38.8. The maximum Gasteiger partial charge on any atom is 0.186 e. The molecule has 10 unspecified atom stereocenters. The van der Waals surface area contributed by atoms with Gasteiger partial charge in [-0.15, -0.1) is 0 Å². The third-order valence-corrected chi connectivity index (χ3v) is 7.01. The summed E-state index contributed by atoms with van der Waals surface area (Å²) in [5.74, 6) is -0.666. The van der Waals surface area contributed by atoms with Crippen LogP contribution in [0.4, 0.5) is 0 Å². The second kappa shape index (κ2) is 15.7. The molecule has 1 aliphatic carbocycles. The van der Waals surface area contributed by atoms with Gasteiger partial charge in [-0.1, -0.05) is 58.3 Å². The average molecular weight is 495 g/mol. The van der Waals surface area contributed by atoms with Crippen molar-refractivity contribution in [2.24, 2.45) is 5.92 Å². The van der Waals surface area contributed by atoms with Crippen LogP contribution in [0.25, 0.3) is 0 Å². The van der Waals surface area contributed by atoms with Crippen molar-refractivity contribution in [3.8, 4) is 0 Å². The van der Waals surface area contributed by atoms with Gasteiger partial charge in [0.15, 0.2) is 6.29 Å². The molecule has 0 amide bonds. The van der Waals surface area contributed by atoms with E-state index in [0.29, 0.717) is 6.61 Å². The van der Waals surface area contributed by atoms with Gasteiger partial charge in [0.1, 0.15) is 36.6 Å². The number of aliphatic hydroxyl groups excluding tert-OH is 7. The highest BCUT2D eigenvalue weighted by Gasteiger charge is 2.46. The molecule has 0 bridgehead atoms. The summed E-state index contributed by atoms with van der Waals surface area (Å²) in [6.07, 6.45) is -1.03. The van der Waals surface area contributed by atoms with E-state index in [9.17, 15) is 35.7 Å². The molecule has 1 aliphatic heterocycles. The molecular weight excluding hydrogens is 448 g/mol. The third-order valence-electron chi connectivity index (χ3n) is 7.01. The summed E-state index contributed by atoms with van der Waals surface area (Å²) in [7, 11) is 0. The number of unbranched alkanes of at least 4 members (excludes halogenated alkanes) is 8. The molecule has 0 aromatic heterocycles. The first kappa shape index (κ1) is 29.8. The molecule has 2 aliphatic rings. The predicted molar refractivity (Wildman–Crippen MR) is 123 cm³/mol. The standard InChI is InChI=1S/C24H46O10/c1-2-3-4-5-6-7-8-9-10-11-32-24-23(31)22(30)20(28)17(34-24)14-33-16-12-15(13-25)18(26)21(29)19(16)27/h15-31H,2-14H2,1H3. The highest BCUT2D eigenvalue weighted by atomic mass is 16.7. The first-order valence-electron chi connectivity index (χ1n) is 12.9. The van der Waals surface area contributed by atoms with Gasteiger partial charge < -0.3 is 50.0 Å². The van der Waals surface area contributed by atoms with E-state index < -0.39 is 61.0 Å². The minimum atomic E-state index is -1.50. The van der Waals surface area contributed by atoms with E-state index in [0.717, 1.165) is 19.3 Å². The molecule has 2 fully saturated rings. The molecule has 202 valence electrons. The fourth-order valence-electron chi connectivity index (χ4n) is 4.65. The molecular formula is C24H46O10. The molecule has 1 saturated heterocycles. The van der Waals surface area contributed by atoms with Crippen LogP contribution in [0.3, 0.4) is 0 Å². The van der Waals surface area contributed by atoms with Gasteiger partial charge in [-0.05, 0) is 12.8 Å². The van der Waals surface area contributed by atoms with Crippen LogP contribution in [0.15, 0.2) is 0 Å². The highest BCUT2D eigenvalue weighted by Crippen LogP contribution is 2.29. The fraction of sp³-hybridized carbons (Fsp3) is 1.00. The van der Waals surface area contributed by atoms with Crippen molar-refractivity contribution in [3.05, 3.63) is 0 Å². The lowest BCUT2D eigenvalue weighted by molar-refractivity contribution is -0.307. The van der Waals surface area contributed by atoms with Gasteiger partial charge in [-0.3, -0.25) is 0 Å². The number of aliphatic hydroxyl groups is 7. The van der Waals surface area contributed by atoms with E-state index in [4.69, 9.17) is 14.2 Å². The Morgan fingerprint density at radius 3 is 1.88 bits per heavy atom. The van der Waals surface area contributed by atoms with Crippen LogP contribution in [0.1, 0.15) is 71.1 Å². The Bertz CT molecular complexity index is 536. The quantitative estimate of drug-likeness (QED) is 0.152. The van der Waals surface area contributed by atoms with Gasteiger partial charge in [0.2, 0.25) is 0 Å². The van der Waals surface area contributed by atoms with Gasteiger partial charge in [-0.2, -0.15) is 0 Å². The Morgan fingerprint density at radius 1 is 0.676 bits per heavy atom. The van der Waals surface area contributed by atoms with Gasteiger partial charge in [-0.25, -0.2) is 0 Å². The Labute approximate surface area is 202 Å². The summed E-state index contributed by atoms with van der Waals surface area (Å²) in [5, 5.41) is 70.2. The second-order valence-electron chi connectivity index (χ2n) is 9.74.